The van der Waals surface area contributed by atoms with Gasteiger partial charge in [-0.2, -0.15) is 10.2 Å². The maximum absolute atomic E-state index is 12.5. The fraction of sp³-hybridized carbons (Fsp3) is 0.211. The molecule has 1 aliphatic heterocycles. The summed E-state index contributed by atoms with van der Waals surface area (Å²) in [6.45, 7) is 2.26. The van der Waals surface area contributed by atoms with Crippen molar-refractivity contribution in [3.8, 4) is 17.5 Å². The molecule has 0 N–H and O–H groups in total. The Kier molecular flexibility index (Phi) is 4.84. The van der Waals surface area contributed by atoms with Crippen LogP contribution in [0.25, 0.3) is 11.5 Å². The average Bonchev–Trinajstić information content (AvgIpc) is 3.38. The van der Waals surface area contributed by atoms with Crippen LogP contribution in [0.5, 0.6) is 0 Å². The number of nitriles is 1. The van der Waals surface area contributed by atoms with Crippen LogP contribution < -0.4 is 4.90 Å². The zero-order valence-corrected chi connectivity index (χ0v) is 15.8. The van der Waals surface area contributed by atoms with Crippen molar-refractivity contribution in [2.24, 2.45) is 0 Å². The quantitative estimate of drug-likeness (QED) is 0.669. The van der Waals surface area contributed by atoms with Crippen molar-refractivity contribution < 1.29 is 9.21 Å². The largest absolute Gasteiger partial charge is 0.419 e. The summed E-state index contributed by atoms with van der Waals surface area (Å²) in [5, 5.41) is 11.9. The highest BCUT2D eigenvalue weighted by Gasteiger charge is 2.27. The van der Waals surface area contributed by atoms with E-state index < -0.39 is 0 Å². The first-order chi connectivity index (χ1) is 13.2. The molecule has 6 nitrogen and oxygen atoms in total. The molecule has 0 radical (unpaired) electrons. The Balaban J connectivity index is 1.52. The molecule has 27 heavy (non-hydrogen) atoms. The highest BCUT2D eigenvalue weighted by Crippen LogP contribution is 2.32. The molecule has 3 aromatic rings. The summed E-state index contributed by atoms with van der Waals surface area (Å²) < 4.78 is 5.89. The fourth-order valence-electron chi connectivity index (χ4n) is 3.02. The van der Waals surface area contributed by atoms with E-state index in [0.717, 1.165) is 4.88 Å². The number of benzene rings is 1. The van der Waals surface area contributed by atoms with Crippen molar-refractivity contribution in [1.29, 1.82) is 5.26 Å². The van der Waals surface area contributed by atoms with Crippen LogP contribution in [0.4, 0.5) is 5.88 Å². The molecule has 2 aromatic heterocycles. The number of hydrogen-bond acceptors (Lipinski definition) is 6. The van der Waals surface area contributed by atoms with Gasteiger partial charge in [0.1, 0.15) is 6.07 Å². The molecule has 0 aliphatic carbocycles. The van der Waals surface area contributed by atoms with Crippen LogP contribution in [-0.2, 0) is 0 Å². The van der Waals surface area contributed by atoms with Gasteiger partial charge in [-0.15, -0.1) is 11.3 Å². The van der Waals surface area contributed by atoms with Crippen LogP contribution in [0.3, 0.4) is 0 Å². The number of carbonyl (C=O) groups is 1. The van der Waals surface area contributed by atoms with Gasteiger partial charge in [-0.3, -0.25) is 4.79 Å². The van der Waals surface area contributed by atoms with E-state index in [0.29, 0.717) is 48.5 Å². The average molecular weight is 399 g/mol. The topological polar surface area (TPSA) is 73.4 Å². The maximum atomic E-state index is 12.5. The second-order valence-electron chi connectivity index (χ2n) is 6.02. The van der Waals surface area contributed by atoms with Crippen molar-refractivity contribution in [2.75, 3.05) is 31.1 Å². The molecule has 0 bridgehead atoms. The predicted molar refractivity (Wildman–Crippen MR) is 104 cm³/mol. The zero-order chi connectivity index (χ0) is 18.8. The van der Waals surface area contributed by atoms with E-state index in [-0.39, 0.29) is 11.6 Å². The van der Waals surface area contributed by atoms with Gasteiger partial charge in [-0.05, 0) is 23.6 Å². The van der Waals surface area contributed by atoms with Crippen molar-refractivity contribution in [2.45, 2.75) is 0 Å². The van der Waals surface area contributed by atoms with Crippen LogP contribution in [-0.4, -0.2) is 42.0 Å². The third kappa shape index (κ3) is 3.42. The lowest BCUT2D eigenvalue weighted by atomic mass is 10.2. The minimum Gasteiger partial charge on any atom is -0.419 e. The second kappa shape index (κ2) is 7.43. The van der Waals surface area contributed by atoms with Crippen LogP contribution in [0.1, 0.15) is 15.4 Å². The summed E-state index contributed by atoms with van der Waals surface area (Å²) in [7, 11) is 0. The number of halogens is 1. The lowest BCUT2D eigenvalue weighted by Gasteiger charge is -2.34. The molecule has 1 fully saturated rings. The summed E-state index contributed by atoms with van der Waals surface area (Å²) in [6, 6.07) is 13.0. The molecular formula is C19H15ClN4O2S. The van der Waals surface area contributed by atoms with Crippen LogP contribution >= 0.6 is 22.9 Å². The minimum absolute atomic E-state index is 0.0412. The summed E-state index contributed by atoms with van der Waals surface area (Å²) in [6.07, 6.45) is 0. The van der Waals surface area contributed by atoms with E-state index in [2.05, 4.69) is 11.1 Å². The highest BCUT2D eigenvalue weighted by molar-refractivity contribution is 7.12. The Morgan fingerprint density at radius 3 is 2.63 bits per heavy atom. The van der Waals surface area contributed by atoms with E-state index in [9.17, 15) is 10.1 Å². The second-order valence-corrected chi connectivity index (χ2v) is 7.38. The van der Waals surface area contributed by atoms with Gasteiger partial charge >= 0.3 is 0 Å². The number of carbonyl (C=O) groups excluding carboxylic acids is 1. The molecule has 0 atom stereocenters. The Labute approximate surface area is 165 Å². The van der Waals surface area contributed by atoms with Gasteiger partial charge in [0.2, 0.25) is 17.5 Å². The third-order valence-corrected chi connectivity index (χ3v) is 5.59. The number of hydrogen-bond donors (Lipinski definition) is 0. The first-order valence-electron chi connectivity index (χ1n) is 8.41. The first kappa shape index (κ1) is 17.6. The number of oxazole rings is 1. The maximum Gasteiger partial charge on any atom is 0.264 e. The van der Waals surface area contributed by atoms with Gasteiger partial charge in [0.25, 0.3) is 5.91 Å². The molecule has 1 saturated heterocycles. The standard InChI is InChI=1S/C19H15ClN4O2S/c20-14-5-2-1-4-13(14)17-22-15(12-21)19(26-17)24-9-7-23(8-10-24)18(25)16-6-3-11-27-16/h1-6,11H,7-10H2. The van der Waals surface area contributed by atoms with Crippen molar-refractivity contribution in [3.63, 3.8) is 0 Å². The van der Waals surface area contributed by atoms with E-state index in [1.165, 1.54) is 11.3 Å². The van der Waals surface area contributed by atoms with Crippen LogP contribution in [0.2, 0.25) is 5.02 Å². The Morgan fingerprint density at radius 1 is 1.19 bits per heavy atom. The molecule has 3 heterocycles. The molecule has 1 amide bonds. The summed E-state index contributed by atoms with van der Waals surface area (Å²) in [5.41, 5.74) is 0.872. The molecular weight excluding hydrogens is 384 g/mol. The lowest BCUT2D eigenvalue weighted by Crippen LogP contribution is -2.48. The van der Waals surface area contributed by atoms with Gasteiger partial charge in [0.15, 0.2) is 0 Å². The SMILES string of the molecule is N#Cc1nc(-c2ccccc2Cl)oc1N1CCN(C(=O)c2cccs2)CC1. The van der Waals surface area contributed by atoms with Gasteiger partial charge in [-0.25, -0.2) is 0 Å². The number of thiophene rings is 1. The van der Waals surface area contributed by atoms with Gasteiger partial charge < -0.3 is 14.2 Å². The molecule has 0 spiro atoms. The number of rotatable bonds is 3. The lowest BCUT2D eigenvalue weighted by molar-refractivity contribution is 0.0750. The molecule has 0 unspecified atom stereocenters. The van der Waals surface area contributed by atoms with Gasteiger partial charge in [0.05, 0.1) is 15.5 Å². The molecule has 4 rings (SSSR count). The van der Waals surface area contributed by atoms with Crippen molar-refractivity contribution in [1.82, 2.24) is 9.88 Å². The molecule has 136 valence electrons. The minimum atomic E-state index is 0.0412. The monoisotopic (exact) mass is 398 g/mol. The fourth-order valence-corrected chi connectivity index (χ4v) is 3.93. The van der Waals surface area contributed by atoms with Gasteiger partial charge in [-0.1, -0.05) is 29.8 Å². The smallest absolute Gasteiger partial charge is 0.264 e. The number of nitrogens with zero attached hydrogens (tertiary/aromatic N) is 4. The van der Waals surface area contributed by atoms with Crippen LogP contribution in [0.15, 0.2) is 46.2 Å². The highest BCUT2D eigenvalue weighted by atomic mass is 35.5. The van der Waals surface area contributed by atoms with Crippen LogP contribution in [0, 0.1) is 11.3 Å². The molecule has 1 aliphatic rings. The third-order valence-electron chi connectivity index (χ3n) is 4.41. The number of piperazine rings is 1. The van der Waals surface area contributed by atoms with Crippen molar-refractivity contribution in [3.05, 3.63) is 57.4 Å². The van der Waals surface area contributed by atoms with Crippen molar-refractivity contribution >= 4 is 34.7 Å². The first-order valence-corrected chi connectivity index (χ1v) is 9.66. The van der Waals surface area contributed by atoms with E-state index in [4.69, 9.17) is 16.0 Å². The zero-order valence-electron chi connectivity index (χ0n) is 14.3. The Bertz CT molecular complexity index is 1000. The summed E-state index contributed by atoms with van der Waals surface area (Å²) in [4.78, 5) is 21.3. The van der Waals surface area contributed by atoms with Gasteiger partial charge in [0, 0.05) is 26.2 Å². The summed E-state index contributed by atoms with van der Waals surface area (Å²) in [5.74, 6) is 0.791. The number of aromatic nitrogens is 1. The number of amides is 1. The van der Waals surface area contributed by atoms with E-state index in [1.807, 2.05) is 39.4 Å². The molecule has 0 saturated carbocycles. The predicted octanol–water partition coefficient (Wildman–Crippen LogP) is 3.89. The Hall–Kier alpha value is -2.82. The van der Waals surface area contributed by atoms with E-state index >= 15 is 0 Å². The molecule has 1 aromatic carbocycles. The number of anilines is 1. The van der Waals surface area contributed by atoms with E-state index in [1.54, 1.807) is 12.1 Å². The summed E-state index contributed by atoms with van der Waals surface area (Å²) >= 11 is 7.65. The Morgan fingerprint density at radius 2 is 1.96 bits per heavy atom. The molecule has 8 heteroatoms. The normalized spacial score (nSPS) is 14.2.